The molecule has 0 aliphatic rings. The number of benzene rings is 2. The largest absolute Gasteiger partial charge is 0.396 e. The van der Waals surface area contributed by atoms with Crippen LogP contribution in [0.4, 0.5) is 20.2 Å². The number of carbonyl (C=O) groups excluding carboxylic acids is 1. The average Bonchev–Trinajstić information content (AvgIpc) is 2.39. The van der Waals surface area contributed by atoms with Crippen molar-refractivity contribution in [3.63, 3.8) is 0 Å². The number of halogens is 2. The van der Waals surface area contributed by atoms with E-state index in [0.29, 0.717) is 5.69 Å². The number of nitrogen functional groups attached to an aromatic ring is 1. The van der Waals surface area contributed by atoms with Crippen LogP contribution >= 0.6 is 0 Å². The van der Waals surface area contributed by atoms with Crippen molar-refractivity contribution in [2.75, 3.05) is 11.1 Å². The smallest absolute Gasteiger partial charge is 0.258 e. The number of rotatable bonds is 2. The molecular weight excluding hydrogens is 262 g/mol. The first-order valence-corrected chi connectivity index (χ1v) is 6.02. The Morgan fingerprint density at radius 1 is 1.20 bits per heavy atom. The van der Waals surface area contributed by atoms with Crippen molar-refractivity contribution >= 4 is 17.3 Å². The van der Waals surface area contributed by atoms with Gasteiger partial charge in [-0.1, -0.05) is 12.1 Å². The maximum atomic E-state index is 13.8. The van der Waals surface area contributed by atoms with Gasteiger partial charge in [-0.3, -0.25) is 4.79 Å². The second-order valence-electron chi connectivity index (χ2n) is 4.56. The molecule has 0 aliphatic carbocycles. The molecule has 2 rings (SSSR count). The summed E-state index contributed by atoms with van der Waals surface area (Å²) >= 11 is 0. The Balaban J connectivity index is 2.36. The zero-order valence-corrected chi connectivity index (χ0v) is 11.1. The van der Waals surface area contributed by atoms with E-state index in [1.165, 1.54) is 0 Å². The van der Waals surface area contributed by atoms with Crippen LogP contribution < -0.4 is 11.1 Å². The van der Waals surface area contributed by atoms with Crippen LogP contribution in [-0.4, -0.2) is 5.91 Å². The van der Waals surface area contributed by atoms with Crippen molar-refractivity contribution in [3.8, 4) is 0 Å². The highest BCUT2D eigenvalue weighted by molar-refractivity contribution is 6.05. The first-order chi connectivity index (χ1) is 9.40. The number of nitrogens with one attached hydrogen (secondary N) is 1. The number of nitrogens with two attached hydrogens (primary N) is 1. The quantitative estimate of drug-likeness (QED) is 0.826. The van der Waals surface area contributed by atoms with E-state index in [-0.39, 0.29) is 0 Å². The number of aryl methyl sites for hydroxylation is 1. The van der Waals surface area contributed by atoms with Crippen LogP contribution in [0.2, 0.25) is 0 Å². The van der Waals surface area contributed by atoms with Gasteiger partial charge in [0.1, 0.15) is 5.82 Å². The Morgan fingerprint density at radius 2 is 1.90 bits per heavy atom. The van der Waals surface area contributed by atoms with Crippen LogP contribution in [-0.2, 0) is 0 Å². The fourth-order valence-electron chi connectivity index (χ4n) is 1.85. The molecule has 0 spiro atoms. The highest BCUT2D eigenvalue weighted by Gasteiger charge is 2.17. The minimum Gasteiger partial charge on any atom is -0.396 e. The van der Waals surface area contributed by atoms with E-state index in [9.17, 15) is 13.6 Å². The molecule has 20 heavy (non-hydrogen) atoms. The Kier molecular flexibility index (Phi) is 3.70. The molecule has 3 N–H and O–H groups in total. The summed E-state index contributed by atoms with van der Waals surface area (Å²) in [6, 6.07) is 7.02. The van der Waals surface area contributed by atoms with Gasteiger partial charge in [0.2, 0.25) is 0 Å². The zero-order chi connectivity index (χ0) is 14.9. The van der Waals surface area contributed by atoms with Crippen LogP contribution in [0, 0.1) is 25.5 Å². The third-order valence-electron chi connectivity index (χ3n) is 3.16. The lowest BCUT2D eigenvalue weighted by Crippen LogP contribution is -2.16. The third-order valence-corrected chi connectivity index (χ3v) is 3.16. The Hall–Kier alpha value is -2.43. The van der Waals surface area contributed by atoms with E-state index in [1.807, 2.05) is 19.9 Å². The van der Waals surface area contributed by atoms with Crippen molar-refractivity contribution in [3.05, 3.63) is 58.7 Å². The molecule has 2 aromatic rings. The normalized spacial score (nSPS) is 10.4. The number of anilines is 2. The fourth-order valence-corrected chi connectivity index (χ4v) is 1.85. The molecule has 104 valence electrons. The standard InChI is InChI=1S/C15H14F2N2O/c1-8-4-3-5-13(9(8)2)19-15(20)11-6-10(16)7-12(18)14(11)17/h3-7H,18H2,1-2H3,(H,19,20). The SMILES string of the molecule is Cc1cccc(NC(=O)c2cc(F)cc(N)c2F)c1C. The monoisotopic (exact) mass is 276 g/mol. The molecule has 1 amide bonds. The molecule has 0 heterocycles. The first kappa shape index (κ1) is 14.0. The van der Waals surface area contributed by atoms with Gasteiger partial charge < -0.3 is 11.1 Å². The van der Waals surface area contributed by atoms with Gasteiger partial charge in [-0.25, -0.2) is 8.78 Å². The van der Waals surface area contributed by atoms with E-state index in [2.05, 4.69) is 5.32 Å². The number of hydrogen-bond acceptors (Lipinski definition) is 2. The summed E-state index contributed by atoms with van der Waals surface area (Å²) in [6.45, 7) is 3.73. The number of hydrogen-bond donors (Lipinski definition) is 2. The van der Waals surface area contributed by atoms with Gasteiger partial charge in [0.25, 0.3) is 5.91 Å². The minimum atomic E-state index is -0.922. The Labute approximate surface area is 115 Å². The average molecular weight is 276 g/mol. The predicted molar refractivity (Wildman–Crippen MR) is 74.6 cm³/mol. The maximum absolute atomic E-state index is 13.8. The lowest BCUT2D eigenvalue weighted by molar-refractivity contribution is 0.102. The van der Waals surface area contributed by atoms with E-state index < -0.39 is 28.8 Å². The fraction of sp³-hybridized carbons (Fsp3) is 0.133. The lowest BCUT2D eigenvalue weighted by atomic mass is 10.1. The summed E-state index contributed by atoms with van der Waals surface area (Å²) in [6.07, 6.45) is 0. The Bertz CT molecular complexity index is 684. The third kappa shape index (κ3) is 2.61. The van der Waals surface area contributed by atoms with Gasteiger partial charge in [-0.05, 0) is 43.2 Å². The lowest BCUT2D eigenvalue weighted by Gasteiger charge is -2.11. The van der Waals surface area contributed by atoms with Crippen molar-refractivity contribution in [1.82, 2.24) is 0 Å². The molecule has 0 saturated heterocycles. The second-order valence-corrected chi connectivity index (χ2v) is 4.56. The van der Waals surface area contributed by atoms with Gasteiger partial charge in [0.15, 0.2) is 5.82 Å². The van der Waals surface area contributed by atoms with Crippen LogP contribution in [0.3, 0.4) is 0 Å². The summed E-state index contributed by atoms with van der Waals surface area (Å²) in [7, 11) is 0. The summed E-state index contributed by atoms with van der Waals surface area (Å²) in [4.78, 5) is 12.0. The molecular formula is C15H14F2N2O. The Morgan fingerprint density at radius 3 is 2.60 bits per heavy atom. The molecule has 0 saturated carbocycles. The summed E-state index contributed by atoms with van der Waals surface area (Å²) in [5.41, 5.74) is 6.91. The van der Waals surface area contributed by atoms with Gasteiger partial charge in [-0.15, -0.1) is 0 Å². The van der Waals surface area contributed by atoms with Gasteiger partial charge in [0, 0.05) is 5.69 Å². The van der Waals surface area contributed by atoms with Crippen LogP contribution in [0.1, 0.15) is 21.5 Å². The molecule has 5 heteroatoms. The molecule has 0 bridgehead atoms. The summed E-state index contributed by atoms with van der Waals surface area (Å²) in [5, 5.41) is 2.56. The van der Waals surface area contributed by atoms with E-state index >= 15 is 0 Å². The topological polar surface area (TPSA) is 55.1 Å². The zero-order valence-electron chi connectivity index (χ0n) is 11.1. The van der Waals surface area contributed by atoms with Crippen molar-refractivity contribution in [2.45, 2.75) is 13.8 Å². The molecule has 0 radical (unpaired) electrons. The van der Waals surface area contributed by atoms with Crippen LogP contribution in [0.15, 0.2) is 30.3 Å². The minimum absolute atomic E-state index is 0.392. The maximum Gasteiger partial charge on any atom is 0.258 e. The van der Waals surface area contributed by atoms with E-state index in [0.717, 1.165) is 23.3 Å². The van der Waals surface area contributed by atoms with Crippen LogP contribution in [0.5, 0.6) is 0 Å². The summed E-state index contributed by atoms with van der Waals surface area (Å²) < 4.78 is 27.0. The molecule has 0 fully saturated rings. The van der Waals surface area contributed by atoms with Crippen LogP contribution in [0.25, 0.3) is 0 Å². The van der Waals surface area contributed by atoms with E-state index in [1.54, 1.807) is 12.1 Å². The molecule has 3 nitrogen and oxygen atoms in total. The van der Waals surface area contributed by atoms with Crippen molar-refractivity contribution in [1.29, 1.82) is 0 Å². The predicted octanol–water partition coefficient (Wildman–Crippen LogP) is 3.42. The first-order valence-electron chi connectivity index (χ1n) is 6.02. The van der Waals surface area contributed by atoms with Gasteiger partial charge >= 0.3 is 0 Å². The highest BCUT2D eigenvalue weighted by atomic mass is 19.1. The molecule has 2 aromatic carbocycles. The van der Waals surface area contributed by atoms with Crippen molar-refractivity contribution in [2.24, 2.45) is 0 Å². The second kappa shape index (κ2) is 5.28. The van der Waals surface area contributed by atoms with Gasteiger partial charge in [0.05, 0.1) is 11.3 Å². The van der Waals surface area contributed by atoms with Gasteiger partial charge in [-0.2, -0.15) is 0 Å². The summed E-state index contributed by atoms with van der Waals surface area (Å²) in [5.74, 6) is -2.41. The number of amides is 1. The molecule has 0 unspecified atom stereocenters. The molecule has 0 atom stereocenters. The van der Waals surface area contributed by atoms with E-state index in [4.69, 9.17) is 5.73 Å². The number of carbonyl (C=O) groups is 1. The highest BCUT2D eigenvalue weighted by Crippen LogP contribution is 2.22. The molecule has 0 aromatic heterocycles. The van der Waals surface area contributed by atoms with Crippen molar-refractivity contribution < 1.29 is 13.6 Å². The molecule has 0 aliphatic heterocycles.